The zero-order valence-corrected chi connectivity index (χ0v) is 24.8. The SMILES string of the molecule is CC(=O)O[C@H]1CC[C@@]2(C)C(=CC[C@@H]3[C@@H]2CC[C@@]2(C)[C@H]3C[C@H]3ON(c4ccccc4)C(c4ccccc4)[C@]32C(C)=O)C1. The van der Waals surface area contributed by atoms with E-state index in [2.05, 4.69) is 67.5 Å². The Kier molecular flexibility index (Phi) is 6.28. The summed E-state index contributed by atoms with van der Waals surface area (Å²) < 4.78 is 5.66. The molecule has 5 aliphatic rings. The first-order valence-electron chi connectivity index (χ1n) is 15.6. The van der Waals surface area contributed by atoms with Gasteiger partial charge in [-0.05, 0) is 91.7 Å². The fraction of sp³-hybridized carbons (Fsp3) is 0.556. The van der Waals surface area contributed by atoms with Crippen LogP contribution in [0.5, 0.6) is 0 Å². The second-order valence-electron chi connectivity index (χ2n) is 13.9. The molecule has 2 aromatic carbocycles. The van der Waals surface area contributed by atoms with Gasteiger partial charge in [0.15, 0.2) is 0 Å². The molecule has 3 saturated carbocycles. The maximum atomic E-state index is 14.3. The Labute approximate surface area is 244 Å². The van der Waals surface area contributed by atoms with Gasteiger partial charge >= 0.3 is 5.97 Å². The first-order chi connectivity index (χ1) is 19.7. The van der Waals surface area contributed by atoms with E-state index in [9.17, 15) is 9.59 Å². The van der Waals surface area contributed by atoms with Crippen LogP contribution in [0, 0.1) is 34.0 Å². The molecule has 9 atom stereocenters. The molecule has 2 aromatic rings. The lowest BCUT2D eigenvalue weighted by atomic mass is 9.44. The van der Waals surface area contributed by atoms with E-state index in [1.54, 1.807) is 0 Å². The summed E-state index contributed by atoms with van der Waals surface area (Å²) in [6.07, 6.45) is 9.32. The molecule has 1 saturated heterocycles. The number of ether oxygens (including phenoxy) is 1. The topological polar surface area (TPSA) is 55.8 Å². The molecule has 216 valence electrons. The third kappa shape index (κ3) is 3.70. The maximum Gasteiger partial charge on any atom is 0.302 e. The van der Waals surface area contributed by atoms with Gasteiger partial charge in [0.05, 0.1) is 17.1 Å². The average molecular weight is 554 g/mol. The van der Waals surface area contributed by atoms with Crippen molar-refractivity contribution in [2.45, 2.75) is 90.9 Å². The molecule has 0 amide bonds. The summed E-state index contributed by atoms with van der Waals surface area (Å²) in [7, 11) is 0. The van der Waals surface area contributed by atoms with Crippen LogP contribution in [0.25, 0.3) is 0 Å². The smallest absolute Gasteiger partial charge is 0.302 e. The van der Waals surface area contributed by atoms with E-state index in [0.717, 1.165) is 56.2 Å². The number of fused-ring (bicyclic) bond motifs is 7. The van der Waals surface area contributed by atoms with Gasteiger partial charge in [0, 0.05) is 13.3 Å². The molecule has 0 spiro atoms. The molecule has 4 aliphatic carbocycles. The fourth-order valence-corrected chi connectivity index (χ4v) is 10.7. The quantitative estimate of drug-likeness (QED) is 0.288. The van der Waals surface area contributed by atoms with Crippen molar-refractivity contribution in [3.63, 3.8) is 0 Å². The average Bonchev–Trinajstić information content (AvgIpc) is 3.44. The van der Waals surface area contributed by atoms with Crippen molar-refractivity contribution >= 4 is 17.4 Å². The number of hydrogen-bond acceptors (Lipinski definition) is 5. The number of carbonyl (C=O) groups excluding carboxylic acids is 2. The highest BCUT2D eigenvalue weighted by Crippen LogP contribution is 2.75. The molecule has 7 rings (SSSR count). The van der Waals surface area contributed by atoms with Crippen LogP contribution in [-0.4, -0.2) is 24.0 Å². The number of nitrogens with zero attached hydrogens (tertiary/aromatic N) is 1. The summed E-state index contributed by atoms with van der Waals surface area (Å²) in [5.74, 6) is 1.62. The molecule has 5 nitrogen and oxygen atoms in total. The molecule has 1 heterocycles. The predicted octanol–water partition coefficient (Wildman–Crippen LogP) is 7.63. The minimum absolute atomic E-state index is 0.00745. The number of anilines is 1. The Morgan fingerprint density at radius 1 is 0.927 bits per heavy atom. The van der Waals surface area contributed by atoms with Gasteiger partial charge in [-0.25, -0.2) is 5.06 Å². The van der Waals surface area contributed by atoms with E-state index in [1.165, 1.54) is 12.5 Å². The van der Waals surface area contributed by atoms with Gasteiger partial charge in [0.1, 0.15) is 18.0 Å². The summed E-state index contributed by atoms with van der Waals surface area (Å²) in [6.45, 7) is 8.26. The predicted molar refractivity (Wildman–Crippen MR) is 159 cm³/mol. The number of carbonyl (C=O) groups is 2. The summed E-state index contributed by atoms with van der Waals surface area (Å²) in [4.78, 5) is 32.9. The number of Topliss-reactive ketones (excluding diaryl/α,β-unsaturated/α-hetero) is 1. The highest BCUT2D eigenvalue weighted by molar-refractivity contribution is 5.87. The maximum absolute atomic E-state index is 14.3. The normalized spacial score (nSPS) is 41.0. The zero-order valence-electron chi connectivity index (χ0n) is 24.8. The lowest BCUT2D eigenvalue weighted by Gasteiger charge is -2.60. The molecule has 0 bridgehead atoms. The monoisotopic (exact) mass is 553 g/mol. The van der Waals surface area contributed by atoms with E-state index < -0.39 is 5.41 Å². The van der Waals surface area contributed by atoms with E-state index in [1.807, 2.05) is 25.1 Å². The number of esters is 1. The molecule has 5 heteroatoms. The minimum Gasteiger partial charge on any atom is -0.462 e. The lowest BCUT2D eigenvalue weighted by molar-refractivity contribution is -0.150. The van der Waals surface area contributed by atoms with Crippen molar-refractivity contribution in [2.75, 3.05) is 5.06 Å². The number of hydroxylamine groups is 1. The fourth-order valence-electron chi connectivity index (χ4n) is 10.7. The Balaban J connectivity index is 1.29. The highest BCUT2D eigenvalue weighted by atomic mass is 16.7. The van der Waals surface area contributed by atoms with Gasteiger partial charge in [0.2, 0.25) is 0 Å². The van der Waals surface area contributed by atoms with Crippen LogP contribution in [0.3, 0.4) is 0 Å². The van der Waals surface area contributed by atoms with Gasteiger partial charge < -0.3 is 4.74 Å². The van der Waals surface area contributed by atoms with Crippen molar-refractivity contribution in [2.24, 2.45) is 34.0 Å². The van der Waals surface area contributed by atoms with E-state index in [0.29, 0.717) is 17.8 Å². The third-order valence-corrected chi connectivity index (χ3v) is 12.3. The Bertz CT molecular complexity index is 1370. The standard InChI is InChI=1S/C36H43NO4/c1-23(38)36-32(41-37(27-13-9-6-10-14-27)33(36)25-11-7-5-8-12-25)22-31-29-16-15-26-21-28(40-24(2)39)17-19-34(26,3)30(29)18-20-35(31,36)4/h5-15,28-33H,16-22H2,1-4H3/t28-,29+,30-,31-,32+,33?,34-,35-,36-/m0/s1. The molecule has 1 aliphatic heterocycles. The molecular formula is C36H43NO4. The zero-order chi connectivity index (χ0) is 28.6. The van der Waals surface area contributed by atoms with Gasteiger partial charge in [0.25, 0.3) is 0 Å². The summed E-state index contributed by atoms with van der Waals surface area (Å²) in [6, 6.07) is 20.7. The summed E-state index contributed by atoms with van der Waals surface area (Å²) >= 11 is 0. The van der Waals surface area contributed by atoms with E-state index in [4.69, 9.17) is 9.57 Å². The number of ketones is 1. The molecule has 4 fully saturated rings. The third-order valence-electron chi connectivity index (χ3n) is 12.3. The first-order valence-corrected chi connectivity index (χ1v) is 15.6. The van der Waals surface area contributed by atoms with E-state index in [-0.39, 0.29) is 40.8 Å². The van der Waals surface area contributed by atoms with Crippen LogP contribution < -0.4 is 5.06 Å². The van der Waals surface area contributed by atoms with Crippen LogP contribution >= 0.6 is 0 Å². The van der Waals surface area contributed by atoms with E-state index >= 15 is 0 Å². The van der Waals surface area contributed by atoms with Gasteiger partial charge in [-0.3, -0.25) is 14.4 Å². The van der Waals surface area contributed by atoms with Crippen molar-refractivity contribution in [3.8, 4) is 0 Å². The first kappa shape index (κ1) is 26.9. The Hall–Kier alpha value is -2.92. The minimum atomic E-state index is -0.627. The largest absolute Gasteiger partial charge is 0.462 e. The number of para-hydroxylation sites is 1. The lowest BCUT2D eigenvalue weighted by Crippen LogP contribution is -2.57. The Morgan fingerprint density at radius 2 is 1.63 bits per heavy atom. The summed E-state index contributed by atoms with van der Waals surface area (Å²) in [5.41, 5.74) is 2.99. The van der Waals surface area contributed by atoms with Crippen molar-refractivity contribution in [3.05, 3.63) is 77.9 Å². The van der Waals surface area contributed by atoms with Crippen LogP contribution in [-0.2, 0) is 19.2 Å². The summed E-state index contributed by atoms with van der Waals surface area (Å²) in [5, 5.41) is 2.07. The van der Waals surface area contributed by atoms with Crippen LogP contribution in [0.15, 0.2) is 72.3 Å². The van der Waals surface area contributed by atoms with Crippen molar-refractivity contribution < 1.29 is 19.2 Å². The molecule has 0 N–H and O–H groups in total. The van der Waals surface area contributed by atoms with Crippen LogP contribution in [0.2, 0.25) is 0 Å². The van der Waals surface area contributed by atoms with Crippen molar-refractivity contribution in [1.29, 1.82) is 0 Å². The van der Waals surface area contributed by atoms with Gasteiger partial charge in [-0.2, -0.15) is 0 Å². The van der Waals surface area contributed by atoms with Crippen LogP contribution in [0.4, 0.5) is 5.69 Å². The number of hydrogen-bond donors (Lipinski definition) is 0. The molecule has 41 heavy (non-hydrogen) atoms. The second-order valence-corrected chi connectivity index (χ2v) is 13.9. The van der Waals surface area contributed by atoms with Crippen molar-refractivity contribution in [1.82, 2.24) is 0 Å². The van der Waals surface area contributed by atoms with Crippen LogP contribution in [0.1, 0.15) is 84.2 Å². The molecule has 0 radical (unpaired) electrons. The second kappa shape index (κ2) is 9.55. The number of allylic oxidation sites excluding steroid dienone is 1. The highest BCUT2D eigenvalue weighted by Gasteiger charge is 2.76. The van der Waals surface area contributed by atoms with Gasteiger partial charge in [-0.15, -0.1) is 0 Å². The molecule has 0 aromatic heterocycles. The number of benzene rings is 2. The molecule has 1 unspecified atom stereocenters. The molecular weight excluding hydrogens is 510 g/mol. The Morgan fingerprint density at radius 3 is 2.32 bits per heavy atom. The number of rotatable bonds is 4. The van der Waals surface area contributed by atoms with Gasteiger partial charge in [-0.1, -0.05) is 74.0 Å².